The summed E-state index contributed by atoms with van der Waals surface area (Å²) in [6.45, 7) is 1.36. The minimum atomic E-state index is -1.15. The molecule has 160 valence electrons. The molecule has 9 nitrogen and oxygen atoms in total. The van der Waals surface area contributed by atoms with Crippen molar-refractivity contribution in [3.63, 3.8) is 0 Å². The predicted octanol–water partition coefficient (Wildman–Crippen LogP) is 1.47. The average Bonchev–Trinajstić information content (AvgIpc) is 2.79. The molecule has 0 bridgehead atoms. The van der Waals surface area contributed by atoms with E-state index in [9.17, 15) is 19.2 Å². The third-order valence-electron chi connectivity index (χ3n) is 4.33. The molecule has 0 fully saturated rings. The summed E-state index contributed by atoms with van der Waals surface area (Å²) in [6.07, 6.45) is -0.571. The number of hydrogen-bond acceptors (Lipinski definition) is 5. The first-order chi connectivity index (χ1) is 14.9. The minimum Gasteiger partial charge on any atom is -0.445 e. The van der Waals surface area contributed by atoms with Crippen molar-refractivity contribution in [1.82, 2.24) is 10.6 Å². The molecule has 0 spiro atoms. The van der Waals surface area contributed by atoms with Crippen LogP contribution < -0.4 is 10.6 Å². The minimum absolute atomic E-state index is 0.0247. The normalized spacial score (nSPS) is 11.9. The second-order valence-corrected chi connectivity index (χ2v) is 6.65. The Morgan fingerprint density at radius 1 is 1.00 bits per heavy atom. The Balaban J connectivity index is 2.07. The number of benzene rings is 2. The smallest absolute Gasteiger partial charge is 0.408 e. The maximum Gasteiger partial charge on any atom is 0.408 e. The fourth-order valence-electron chi connectivity index (χ4n) is 2.70. The van der Waals surface area contributed by atoms with Crippen molar-refractivity contribution in [1.29, 1.82) is 0 Å². The molecule has 0 radical (unpaired) electrons. The van der Waals surface area contributed by atoms with Gasteiger partial charge in [0.15, 0.2) is 0 Å². The van der Waals surface area contributed by atoms with Gasteiger partial charge in [0.05, 0.1) is 6.04 Å². The average molecular weight is 422 g/mol. The summed E-state index contributed by atoms with van der Waals surface area (Å²) in [5, 5.41) is 4.92. The van der Waals surface area contributed by atoms with Crippen LogP contribution in [0, 0.1) is 0 Å². The van der Waals surface area contributed by atoms with Crippen LogP contribution in [-0.2, 0) is 32.1 Å². The van der Waals surface area contributed by atoms with E-state index in [4.69, 9.17) is 10.3 Å². The lowest BCUT2D eigenvalue weighted by Gasteiger charge is -2.20. The van der Waals surface area contributed by atoms with Crippen molar-refractivity contribution in [2.75, 3.05) is 0 Å². The molecule has 2 atom stereocenters. The van der Waals surface area contributed by atoms with E-state index < -0.39 is 35.6 Å². The van der Waals surface area contributed by atoms with E-state index >= 15 is 0 Å². The van der Waals surface area contributed by atoms with Crippen molar-refractivity contribution < 1.29 is 28.7 Å². The molecule has 0 aliphatic rings. The van der Waals surface area contributed by atoms with Gasteiger partial charge in [-0.15, -0.1) is 0 Å². The quantitative estimate of drug-likeness (QED) is 0.196. The van der Waals surface area contributed by atoms with Crippen LogP contribution in [0.15, 0.2) is 60.7 Å². The maximum atomic E-state index is 12.7. The number of ether oxygens (including phenoxy) is 1. The topological polar surface area (TPSA) is 138 Å². The molecule has 31 heavy (non-hydrogen) atoms. The van der Waals surface area contributed by atoms with E-state index in [1.54, 1.807) is 36.4 Å². The number of rotatable bonds is 10. The molecular weight excluding hydrogens is 400 g/mol. The van der Waals surface area contributed by atoms with Crippen molar-refractivity contribution in [2.45, 2.75) is 32.0 Å². The third-order valence-corrected chi connectivity index (χ3v) is 4.33. The van der Waals surface area contributed by atoms with E-state index in [1.807, 2.05) is 24.3 Å². The number of hydrogen-bond donors (Lipinski definition) is 2. The first kappa shape index (κ1) is 23.2. The Morgan fingerprint density at radius 2 is 1.58 bits per heavy atom. The molecule has 0 aliphatic carbocycles. The summed E-state index contributed by atoms with van der Waals surface area (Å²) >= 11 is 0. The van der Waals surface area contributed by atoms with Crippen molar-refractivity contribution in [3.8, 4) is 0 Å². The molecule has 9 heteroatoms. The Bertz CT molecular complexity index is 972. The molecule has 2 aromatic rings. The van der Waals surface area contributed by atoms with E-state index in [-0.39, 0.29) is 19.3 Å². The van der Waals surface area contributed by atoms with Crippen LogP contribution in [0.1, 0.15) is 18.1 Å². The zero-order chi connectivity index (χ0) is 22.6. The van der Waals surface area contributed by atoms with Crippen LogP contribution >= 0.6 is 0 Å². The van der Waals surface area contributed by atoms with Gasteiger partial charge < -0.3 is 20.9 Å². The molecule has 2 rings (SSSR count). The van der Waals surface area contributed by atoms with Crippen LogP contribution in [0.5, 0.6) is 0 Å². The standard InChI is InChI=1S/C22H22N4O5/c1-15(20(28)19(13-27)26-23)24-21(29)18(12-16-8-4-2-5-9-16)25-22(30)31-14-17-10-6-3-7-11-17/h2-11,13,15,18H,12,14H2,1H3,(H,24,29)(H,25,30)/t15-,18-/m0/s1. The number of amides is 2. The number of ketones is 1. The lowest BCUT2D eigenvalue weighted by atomic mass is 10.0. The van der Waals surface area contributed by atoms with E-state index in [0.717, 1.165) is 11.1 Å². The lowest BCUT2D eigenvalue weighted by molar-refractivity contribution is -0.128. The van der Waals surface area contributed by atoms with E-state index in [2.05, 4.69) is 15.4 Å². The van der Waals surface area contributed by atoms with Crippen LogP contribution in [0.2, 0.25) is 0 Å². The number of carbonyl (C=O) groups excluding carboxylic acids is 4. The van der Waals surface area contributed by atoms with Crippen molar-refractivity contribution >= 4 is 29.8 Å². The van der Waals surface area contributed by atoms with Gasteiger partial charge in [0, 0.05) is 6.42 Å². The zero-order valence-electron chi connectivity index (χ0n) is 16.9. The largest absolute Gasteiger partial charge is 0.445 e. The van der Waals surface area contributed by atoms with Crippen LogP contribution in [0.4, 0.5) is 4.79 Å². The molecule has 0 heterocycles. The molecule has 2 aromatic carbocycles. The third kappa shape index (κ3) is 7.34. The highest BCUT2D eigenvalue weighted by atomic mass is 16.5. The second-order valence-electron chi connectivity index (χ2n) is 6.65. The van der Waals surface area contributed by atoms with Gasteiger partial charge in [-0.1, -0.05) is 60.7 Å². The van der Waals surface area contributed by atoms with Crippen molar-refractivity contribution in [3.05, 3.63) is 77.3 Å². The van der Waals surface area contributed by atoms with Gasteiger partial charge >= 0.3 is 11.8 Å². The Kier molecular flexibility index (Phi) is 8.82. The molecule has 0 unspecified atom stereocenters. The van der Waals surface area contributed by atoms with Gasteiger partial charge in [-0.2, -0.15) is 4.79 Å². The molecule has 0 aromatic heterocycles. The molecule has 0 aliphatic heterocycles. The summed E-state index contributed by atoms with van der Waals surface area (Å²) in [7, 11) is 0. The van der Waals surface area contributed by atoms with E-state index in [0.29, 0.717) is 0 Å². The van der Waals surface area contributed by atoms with Gasteiger partial charge in [-0.05, 0) is 18.1 Å². The second kappa shape index (κ2) is 11.8. The van der Waals surface area contributed by atoms with Gasteiger partial charge in [0.2, 0.25) is 12.2 Å². The zero-order valence-corrected chi connectivity index (χ0v) is 16.9. The summed E-state index contributed by atoms with van der Waals surface area (Å²) in [5.41, 5.74) is 9.54. The summed E-state index contributed by atoms with van der Waals surface area (Å²) in [6, 6.07) is 15.8. The van der Waals surface area contributed by atoms with Crippen LogP contribution in [0.25, 0.3) is 5.53 Å². The molecular formula is C22H22N4O5. The van der Waals surface area contributed by atoms with Crippen LogP contribution in [0.3, 0.4) is 0 Å². The van der Waals surface area contributed by atoms with Gasteiger partial charge in [-0.3, -0.25) is 14.4 Å². The molecule has 0 saturated carbocycles. The monoisotopic (exact) mass is 422 g/mol. The number of alkyl carbamates (subject to hydrolysis) is 1. The van der Waals surface area contributed by atoms with E-state index in [1.165, 1.54) is 6.92 Å². The first-order valence-electron chi connectivity index (χ1n) is 9.47. The summed E-state index contributed by atoms with van der Waals surface area (Å²) < 4.78 is 5.18. The highest BCUT2D eigenvalue weighted by Gasteiger charge is 2.30. The number of nitrogens with zero attached hydrogens (tertiary/aromatic N) is 2. The van der Waals surface area contributed by atoms with Crippen LogP contribution in [-0.4, -0.2) is 46.7 Å². The summed E-state index contributed by atoms with van der Waals surface area (Å²) in [5.74, 6) is -1.53. The highest BCUT2D eigenvalue weighted by Crippen LogP contribution is 2.06. The number of carbonyl (C=O) groups is 4. The Hall–Kier alpha value is -4.10. The maximum absolute atomic E-state index is 12.7. The van der Waals surface area contributed by atoms with Gasteiger partial charge in [0.25, 0.3) is 5.78 Å². The first-order valence-corrected chi connectivity index (χ1v) is 9.47. The summed E-state index contributed by atoms with van der Waals surface area (Å²) in [4.78, 5) is 50.5. The Labute approximate surface area is 179 Å². The van der Waals surface area contributed by atoms with Gasteiger partial charge in [-0.25, -0.2) is 4.79 Å². The number of aldehydes is 1. The molecule has 2 amide bonds. The number of nitrogens with one attached hydrogen (secondary N) is 2. The fourth-order valence-corrected chi connectivity index (χ4v) is 2.70. The lowest BCUT2D eigenvalue weighted by Crippen LogP contribution is -2.52. The fraction of sp³-hybridized carbons (Fsp3) is 0.227. The number of Topliss-reactive ketones (excluding diaryl/α,β-unsaturated/α-hetero) is 1. The van der Waals surface area contributed by atoms with Crippen molar-refractivity contribution in [2.24, 2.45) is 0 Å². The highest BCUT2D eigenvalue weighted by molar-refractivity contribution is 6.59. The predicted molar refractivity (Wildman–Crippen MR) is 111 cm³/mol. The van der Waals surface area contributed by atoms with Gasteiger partial charge in [0.1, 0.15) is 12.6 Å². The molecule has 2 N–H and O–H groups in total. The SMILES string of the molecule is C[C@H](NC(=O)[C@H](Cc1ccccc1)NC(=O)OCc1ccccc1)C(=O)C(C=O)=[N+]=[N-]. The molecule has 0 saturated heterocycles. The Morgan fingerprint density at radius 3 is 2.13 bits per heavy atom.